The maximum absolute atomic E-state index is 5.45. The van der Waals surface area contributed by atoms with Crippen molar-refractivity contribution in [3.63, 3.8) is 0 Å². The van der Waals surface area contributed by atoms with E-state index in [0.717, 1.165) is 11.4 Å². The van der Waals surface area contributed by atoms with Crippen LogP contribution >= 0.6 is 0 Å². The standard InChI is InChI=1S/C18H17NO/c1-14(18-12-7-13-20-18)19-17-11-6-5-10-16(17)15-8-3-2-4-9-15/h2-14,19H,1H3. The van der Waals surface area contributed by atoms with Gasteiger partial charge < -0.3 is 9.73 Å². The molecular weight excluding hydrogens is 246 g/mol. The molecule has 20 heavy (non-hydrogen) atoms. The second kappa shape index (κ2) is 5.66. The Hall–Kier alpha value is -2.48. The first kappa shape index (κ1) is 12.5. The van der Waals surface area contributed by atoms with Gasteiger partial charge in [0.15, 0.2) is 0 Å². The second-order valence-corrected chi connectivity index (χ2v) is 4.79. The molecule has 1 atom stereocenters. The van der Waals surface area contributed by atoms with Crippen LogP contribution in [0.25, 0.3) is 11.1 Å². The molecule has 100 valence electrons. The third-order valence-electron chi connectivity index (χ3n) is 3.35. The summed E-state index contributed by atoms with van der Waals surface area (Å²) in [6, 6.07) is 22.8. The number of hydrogen-bond donors (Lipinski definition) is 1. The van der Waals surface area contributed by atoms with Crippen LogP contribution in [-0.2, 0) is 0 Å². The molecular formula is C18H17NO. The molecule has 2 nitrogen and oxygen atoms in total. The molecule has 0 bridgehead atoms. The Morgan fingerprint density at radius 1 is 0.850 bits per heavy atom. The molecule has 1 N–H and O–H groups in total. The van der Waals surface area contributed by atoms with Crippen molar-refractivity contribution in [1.82, 2.24) is 0 Å². The van der Waals surface area contributed by atoms with Crippen molar-refractivity contribution in [1.29, 1.82) is 0 Å². The number of benzene rings is 2. The summed E-state index contributed by atoms with van der Waals surface area (Å²) in [6.07, 6.45) is 1.70. The Bertz CT molecular complexity index is 659. The first-order valence-corrected chi connectivity index (χ1v) is 6.79. The zero-order chi connectivity index (χ0) is 13.8. The highest BCUT2D eigenvalue weighted by Gasteiger charge is 2.10. The molecule has 1 unspecified atom stereocenters. The van der Waals surface area contributed by atoms with Crippen LogP contribution in [0, 0.1) is 0 Å². The first-order valence-electron chi connectivity index (χ1n) is 6.79. The summed E-state index contributed by atoms with van der Waals surface area (Å²) in [5.41, 5.74) is 3.52. The fourth-order valence-corrected chi connectivity index (χ4v) is 2.32. The quantitative estimate of drug-likeness (QED) is 0.706. The smallest absolute Gasteiger partial charge is 0.125 e. The van der Waals surface area contributed by atoms with Gasteiger partial charge in [0.05, 0.1) is 12.3 Å². The Labute approximate surface area is 119 Å². The third kappa shape index (κ3) is 2.59. The van der Waals surface area contributed by atoms with E-state index in [2.05, 4.69) is 54.7 Å². The second-order valence-electron chi connectivity index (χ2n) is 4.79. The number of hydrogen-bond acceptors (Lipinski definition) is 2. The van der Waals surface area contributed by atoms with Crippen LogP contribution in [0.15, 0.2) is 77.4 Å². The van der Waals surface area contributed by atoms with E-state index in [1.807, 2.05) is 24.3 Å². The van der Waals surface area contributed by atoms with Crippen molar-refractivity contribution in [2.75, 3.05) is 5.32 Å². The summed E-state index contributed by atoms with van der Waals surface area (Å²) in [5, 5.41) is 3.52. The van der Waals surface area contributed by atoms with Crippen molar-refractivity contribution in [3.05, 3.63) is 78.8 Å². The predicted molar refractivity (Wildman–Crippen MR) is 82.6 cm³/mol. The lowest BCUT2D eigenvalue weighted by molar-refractivity contribution is 0.490. The highest BCUT2D eigenvalue weighted by molar-refractivity contribution is 5.77. The van der Waals surface area contributed by atoms with E-state index in [9.17, 15) is 0 Å². The van der Waals surface area contributed by atoms with Gasteiger partial charge in [0.1, 0.15) is 5.76 Å². The van der Waals surface area contributed by atoms with E-state index in [0.29, 0.717) is 0 Å². The van der Waals surface area contributed by atoms with Gasteiger partial charge in [-0.25, -0.2) is 0 Å². The van der Waals surface area contributed by atoms with E-state index < -0.39 is 0 Å². The lowest BCUT2D eigenvalue weighted by atomic mass is 10.0. The van der Waals surface area contributed by atoms with Crippen molar-refractivity contribution in [2.24, 2.45) is 0 Å². The van der Waals surface area contributed by atoms with E-state index in [-0.39, 0.29) is 6.04 Å². The largest absolute Gasteiger partial charge is 0.467 e. The van der Waals surface area contributed by atoms with E-state index >= 15 is 0 Å². The molecule has 0 fully saturated rings. The highest BCUT2D eigenvalue weighted by Crippen LogP contribution is 2.30. The minimum Gasteiger partial charge on any atom is -0.467 e. The van der Waals surface area contributed by atoms with Gasteiger partial charge in [-0.05, 0) is 30.7 Å². The molecule has 0 aliphatic heterocycles. The number of furan rings is 1. The zero-order valence-corrected chi connectivity index (χ0v) is 11.4. The molecule has 0 amide bonds. The van der Waals surface area contributed by atoms with Gasteiger partial charge >= 0.3 is 0 Å². The van der Waals surface area contributed by atoms with Crippen LogP contribution in [0.4, 0.5) is 5.69 Å². The monoisotopic (exact) mass is 263 g/mol. The Morgan fingerprint density at radius 3 is 2.35 bits per heavy atom. The van der Waals surface area contributed by atoms with Crippen molar-refractivity contribution >= 4 is 5.69 Å². The fourth-order valence-electron chi connectivity index (χ4n) is 2.32. The lowest BCUT2D eigenvalue weighted by Gasteiger charge is -2.16. The highest BCUT2D eigenvalue weighted by atomic mass is 16.3. The molecule has 0 spiro atoms. The van der Waals surface area contributed by atoms with Crippen LogP contribution in [-0.4, -0.2) is 0 Å². The number of nitrogens with one attached hydrogen (secondary N) is 1. The van der Waals surface area contributed by atoms with Gasteiger partial charge in [0.25, 0.3) is 0 Å². The molecule has 0 radical (unpaired) electrons. The molecule has 2 aromatic carbocycles. The van der Waals surface area contributed by atoms with Crippen molar-refractivity contribution in [3.8, 4) is 11.1 Å². The zero-order valence-electron chi connectivity index (χ0n) is 11.4. The van der Waals surface area contributed by atoms with Crippen molar-refractivity contribution < 1.29 is 4.42 Å². The van der Waals surface area contributed by atoms with Gasteiger partial charge in [-0.1, -0.05) is 48.5 Å². The predicted octanol–water partition coefficient (Wildman–Crippen LogP) is 5.12. The van der Waals surface area contributed by atoms with Gasteiger partial charge in [-0.3, -0.25) is 0 Å². The summed E-state index contributed by atoms with van der Waals surface area (Å²) in [7, 11) is 0. The van der Waals surface area contributed by atoms with E-state index in [1.54, 1.807) is 6.26 Å². The normalized spacial score (nSPS) is 12.1. The molecule has 0 aliphatic carbocycles. The van der Waals surface area contributed by atoms with E-state index in [1.165, 1.54) is 11.1 Å². The summed E-state index contributed by atoms with van der Waals surface area (Å²) in [4.78, 5) is 0. The van der Waals surface area contributed by atoms with Gasteiger partial charge in [0, 0.05) is 11.3 Å². The summed E-state index contributed by atoms with van der Waals surface area (Å²) >= 11 is 0. The maximum atomic E-state index is 5.45. The molecule has 2 heteroatoms. The van der Waals surface area contributed by atoms with Gasteiger partial charge in [-0.2, -0.15) is 0 Å². The van der Waals surface area contributed by atoms with E-state index in [4.69, 9.17) is 4.42 Å². The Kier molecular flexibility index (Phi) is 3.55. The molecule has 1 heterocycles. The third-order valence-corrected chi connectivity index (χ3v) is 3.35. The van der Waals surface area contributed by atoms with Gasteiger partial charge in [0.2, 0.25) is 0 Å². The topological polar surface area (TPSA) is 25.2 Å². The van der Waals surface area contributed by atoms with Crippen molar-refractivity contribution in [2.45, 2.75) is 13.0 Å². The molecule has 3 rings (SSSR count). The van der Waals surface area contributed by atoms with Gasteiger partial charge in [-0.15, -0.1) is 0 Å². The molecule has 0 aliphatic rings. The molecule has 1 aromatic heterocycles. The summed E-state index contributed by atoms with van der Waals surface area (Å²) in [6.45, 7) is 2.10. The average Bonchev–Trinajstić information content (AvgIpc) is 3.03. The Balaban J connectivity index is 1.91. The minimum atomic E-state index is 0.134. The minimum absolute atomic E-state index is 0.134. The fraction of sp³-hybridized carbons (Fsp3) is 0.111. The lowest BCUT2D eigenvalue weighted by Crippen LogP contribution is -2.06. The van der Waals surface area contributed by atoms with Crippen LogP contribution in [0.1, 0.15) is 18.7 Å². The maximum Gasteiger partial charge on any atom is 0.125 e. The molecule has 3 aromatic rings. The van der Waals surface area contributed by atoms with Crippen LogP contribution in [0.3, 0.4) is 0 Å². The molecule has 0 saturated carbocycles. The summed E-state index contributed by atoms with van der Waals surface area (Å²) in [5.74, 6) is 0.938. The summed E-state index contributed by atoms with van der Waals surface area (Å²) < 4.78 is 5.45. The Morgan fingerprint density at radius 2 is 1.60 bits per heavy atom. The first-order chi connectivity index (χ1) is 9.84. The average molecular weight is 263 g/mol. The number of anilines is 1. The van der Waals surface area contributed by atoms with Crippen LogP contribution < -0.4 is 5.32 Å². The van der Waals surface area contributed by atoms with Crippen LogP contribution in [0.2, 0.25) is 0 Å². The number of para-hydroxylation sites is 1. The van der Waals surface area contributed by atoms with Crippen LogP contribution in [0.5, 0.6) is 0 Å². The molecule has 0 saturated heterocycles. The number of rotatable bonds is 4. The SMILES string of the molecule is CC(Nc1ccccc1-c1ccccc1)c1ccco1.